The molecule has 3 aromatic rings. The van der Waals surface area contributed by atoms with E-state index >= 15 is 0 Å². The second-order valence-corrected chi connectivity index (χ2v) is 5.43. The van der Waals surface area contributed by atoms with Gasteiger partial charge in [-0.15, -0.1) is 0 Å². The Kier molecular flexibility index (Phi) is 3.73. The van der Waals surface area contributed by atoms with E-state index in [0.29, 0.717) is 16.8 Å². The zero-order valence-corrected chi connectivity index (χ0v) is 13.2. The van der Waals surface area contributed by atoms with Crippen molar-refractivity contribution in [2.24, 2.45) is 7.05 Å². The van der Waals surface area contributed by atoms with Gasteiger partial charge in [0, 0.05) is 13.2 Å². The Morgan fingerprint density at radius 1 is 1.13 bits per heavy atom. The van der Waals surface area contributed by atoms with E-state index in [9.17, 15) is 9.59 Å². The Morgan fingerprint density at radius 2 is 1.83 bits per heavy atom. The van der Waals surface area contributed by atoms with Gasteiger partial charge in [0.05, 0.1) is 13.7 Å². The van der Waals surface area contributed by atoms with Gasteiger partial charge in [-0.25, -0.2) is 9.78 Å². The van der Waals surface area contributed by atoms with Gasteiger partial charge in [-0.2, -0.15) is 0 Å². The molecule has 0 saturated heterocycles. The number of fused-ring (bicyclic) bond motifs is 1. The van der Waals surface area contributed by atoms with Gasteiger partial charge in [-0.05, 0) is 18.6 Å². The van der Waals surface area contributed by atoms with Crippen molar-refractivity contribution in [2.45, 2.75) is 13.5 Å². The molecule has 6 heteroatoms. The van der Waals surface area contributed by atoms with Crippen LogP contribution in [0.25, 0.3) is 11.0 Å². The first kappa shape index (κ1) is 15.0. The topological polar surface area (TPSA) is 66.1 Å². The Bertz CT molecular complexity index is 985. The lowest BCUT2D eigenvalue weighted by Crippen LogP contribution is -2.39. The van der Waals surface area contributed by atoms with Crippen LogP contribution in [0, 0.1) is 6.92 Å². The van der Waals surface area contributed by atoms with E-state index in [1.54, 1.807) is 13.1 Å². The summed E-state index contributed by atoms with van der Waals surface area (Å²) in [6.07, 6.45) is 1.52. The van der Waals surface area contributed by atoms with E-state index in [1.165, 1.54) is 22.4 Å². The van der Waals surface area contributed by atoms with Crippen molar-refractivity contribution in [1.82, 2.24) is 14.1 Å². The number of nitrogens with zero attached hydrogens (tertiary/aromatic N) is 3. The average Bonchev–Trinajstić information content (AvgIpc) is 2.57. The van der Waals surface area contributed by atoms with Crippen molar-refractivity contribution in [1.29, 1.82) is 0 Å². The van der Waals surface area contributed by atoms with Crippen LogP contribution in [0.1, 0.15) is 11.1 Å². The predicted octanol–water partition coefficient (Wildman–Crippen LogP) is 1.46. The summed E-state index contributed by atoms with van der Waals surface area (Å²) in [7, 11) is 3.09. The van der Waals surface area contributed by atoms with Crippen LogP contribution in [0.2, 0.25) is 0 Å². The monoisotopic (exact) mass is 311 g/mol. The summed E-state index contributed by atoms with van der Waals surface area (Å²) in [4.78, 5) is 29.4. The zero-order chi connectivity index (χ0) is 16.6. The first-order valence-corrected chi connectivity index (χ1v) is 7.21. The van der Waals surface area contributed by atoms with E-state index in [-0.39, 0.29) is 6.54 Å². The lowest BCUT2D eigenvalue weighted by molar-refractivity contribution is 0.418. The lowest BCUT2D eigenvalue weighted by Gasteiger charge is -2.12. The largest absolute Gasteiger partial charge is 0.496 e. The van der Waals surface area contributed by atoms with Crippen molar-refractivity contribution in [3.8, 4) is 5.75 Å². The van der Waals surface area contributed by atoms with Crippen LogP contribution in [0.15, 0.2) is 46.1 Å². The summed E-state index contributed by atoms with van der Waals surface area (Å²) in [5.41, 5.74) is 1.53. The van der Waals surface area contributed by atoms with Crippen molar-refractivity contribution < 1.29 is 4.74 Å². The Morgan fingerprint density at radius 3 is 2.48 bits per heavy atom. The fourth-order valence-corrected chi connectivity index (χ4v) is 2.57. The molecule has 0 bridgehead atoms. The van der Waals surface area contributed by atoms with E-state index in [4.69, 9.17) is 4.74 Å². The molecule has 0 saturated carbocycles. The summed E-state index contributed by atoms with van der Waals surface area (Å²) < 4.78 is 7.83. The maximum absolute atomic E-state index is 12.8. The van der Waals surface area contributed by atoms with Crippen LogP contribution < -0.4 is 16.0 Å². The molecule has 2 heterocycles. The minimum Gasteiger partial charge on any atom is -0.496 e. The molecule has 0 aliphatic heterocycles. The van der Waals surface area contributed by atoms with Crippen molar-refractivity contribution >= 4 is 11.0 Å². The highest BCUT2D eigenvalue weighted by Gasteiger charge is 2.15. The molecule has 0 fully saturated rings. The van der Waals surface area contributed by atoms with Crippen LogP contribution >= 0.6 is 0 Å². The molecule has 118 valence electrons. The highest BCUT2D eigenvalue weighted by molar-refractivity contribution is 5.80. The molecule has 6 nitrogen and oxygen atoms in total. The van der Waals surface area contributed by atoms with Gasteiger partial charge in [0.2, 0.25) is 0 Å². The maximum Gasteiger partial charge on any atom is 0.332 e. The fraction of sp³-hybridized carbons (Fsp3) is 0.235. The van der Waals surface area contributed by atoms with Gasteiger partial charge >= 0.3 is 5.69 Å². The van der Waals surface area contributed by atoms with Crippen LogP contribution in [0.4, 0.5) is 0 Å². The molecule has 1 aromatic carbocycles. The first-order valence-electron chi connectivity index (χ1n) is 7.21. The van der Waals surface area contributed by atoms with Gasteiger partial charge in [-0.3, -0.25) is 13.9 Å². The number of hydrogen-bond donors (Lipinski definition) is 0. The quantitative estimate of drug-likeness (QED) is 0.734. The van der Waals surface area contributed by atoms with Crippen molar-refractivity contribution in [2.75, 3.05) is 7.11 Å². The van der Waals surface area contributed by atoms with E-state index in [2.05, 4.69) is 4.98 Å². The van der Waals surface area contributed by atoms with E-state index in [1.807, 2.05) is 31.2 Å². The molecule has 0 spiro atoms. The fourth-order valence-electron chi connectivity index (χ4n) is 2.57. The van der Waals surface area contributed by atoms with Crippen molar-refractivity contribution in [3.63, 3.8) is 0 Å². The smallest absolute Gasteiger partial charge is 0.332 e. The van der Waals surface area contributed by atoms with Gasteiger partial charge in [0.25, 0.3) is 5.56 Å². The first-order chi connectivity index (χ1) is 11.0. The third kappa shape index (κ3) is 2.52. The number of benzene rings is 1. The van der Waals surface area contributed by atoms with Crippen LogP contribution in [0.3, 0.4) is 0 Å². The molecule has 2 aromatic heterocycles. The standard InChI is InChI=1S/C17H17N3O3/c1-11-4-6-12(7-5-11)10-20-16(21)14-13(23-3)8-9-18-15(14)19(2)17(20)22/h4-9H,10H2,1-3H3. The molecule has 0 unspecified atom stereocenters. The normalized spacial score (nSPS) is 10.9. The third-order valence-electron chi connectivity index (χ3n) is 3.87. The molecule has 23 heavy (non-hydrogen) atoms. The molecule has 0 N–H and O–H groups in total. The molecular weight excluding hydrogens is 294 g/mol. The highest BCUT2D eigenvalue weighted by atomic mass is 16.5. The highest BCUT2D eigenvalue weighted by Crippen LogP contribution is 2.18. The Hall–Kier alpha value is -2.89. The predicted molar refractivity (Wildman–Crippen MR) is 88.1 cm³/mol. The number of hydrogen-bond acceptors (Lipinski definition) is 4. The zero-order valence-electron chi connectivity index (χ0n) is 13.2. The van der Waals surface area contributed by atoms with Gasteiger partial charge < -0.3 is 4.74 Å². The summed E-state index contributed by atoms with van der Waals surface area (Å²) in [6, 6.07) is 9.34. The molecule has 0 aliphatic carbocycles. The van der Waals surface area contributed by atoms with Gasteiger partial charge in [0.1, 0.15) is 11.1 Å². The minimum atomic E-state index is -0.399. The Labute approximate surface area is 132 Å². The molecule has 0 radical (unpaired) electrons. The number of ether oxygens (including phenoxy) is 1. The summed E-state index contributed by atoms with van der Waals surface area (Å²) >= 11 is 0. The van der Waals surface area contributed by atoms with E-state index in [0.717, 1.165) is 11.1 Å². The molecule has 0 aliphatic rings. The average molecular weight is 311 g/mol. The molecule has 0 atom stereocenters. The lowest BCUT2D eigenvalue weighted by atomic mass is 10.1. The third-order valence-corrected chi connectivity index (χ3v) is 3.87. The maximum atomic E-state index is 12.8. The van der Waals surface area contributed by atoms with Crippen LogP contribution in [-0.2, 0) is 13.6 Å². The summed E-state index contributed by atoms with van der Waals surface area (Å²) in [5.74, 6) is 0.410. The molecule has 0 amide bonds. The number of pyridine rings is 1. The number of aryl methyl sites for hydroxylation is 2. The summed E-state index contributed by atoms with van der Waals surface area (Å²) in [6.45, 7) is 2.20. The van der Waals surface area contributed by atoms with Gasteiger partial charge in [-0.1, -0.05) is 29.8 Å². The van der Waals surface area contributed by atoms with Crippen LogP contribution in [0.5, 0.6) is 5.75 Å². The Balaban J connectivity index is 2.27. The molecule has 3 rings (SSSR count). The molecular formula is C17H17N3O3. The van der Waals surface area contributed by atoms with Crippen molar-refractivity contribution in [3.05, 3.63) is 68.5 Å². The minimum absolute atomic E-state index is 0.208. The second kappa shape index (κ2) is 5.72. The van der Waals surface area contributed by atoms with Crippen LogP contribution in [-0.4, -0.2) is 21.2 Å². The number of aromatic nitrogens is 3. The van der Waals surface area contributed by atoms with Gasteiger partial charge in [0.15, 0.2) is 5.65 Å². The number of rotatable bonds is 3. The SMILES string of the molecule is COc1ccnc2c1c(=O)n(Cc1ccc(C)cc1)c(=O)n2C. The summed E-state index contributed by atoms with van der Waals surface area (Å²) in [5, 5.41) is 0.309. The second-order valence-electron chi connectivity index (χ2n) is 5.43. The van der Waals surface area contributed by atoms with E-state index < -0.39 is 11.2 Å². The number of methoxy groups -OCH3 is 1.